The summed E-state index contributed by atoms with van der Waals surface area (Å²) in [5, 5.41) is 8.35. The molecular weight excluding hydrogens is 294 g/mol. The lowest BCUT2D eigenvalue weighted by molar-refractivity contribution is 0.415. The highest BCUT2D eigenvalue weighted by Gasteiger charge is 2.12. The van der Waals surface area contributed by atoms with Crippen molar-refractivity contribution < 1.29 is 4.74 Å². The van der Waals surface area contributed by atoms with E-state index in [1.807, 2.05) is 42.5 Å². The number of ether oxygens (including phenoxy) is 1. The first kappa shape index (κ1) is 14.7. The van der Waals surface area contributed by atoms with Gasteiger partial charge in [-0.15, -0.1) is 5.10 Å². The van der Waals surface area contributed by atoms with Crippen LogP contribution in [0.25, 0.3) is 11.4 Å². The lowest BCUT2D eigenvalue weighted by Crippen LogP contribution is -1.88. The van der Waals surface area contributed by atoms with E-state index < -0.39 is 0 Å². The summed E-state index contributed by atoms with van der Waals surface area (Å²) in [6.45, 7) is 2.16. The van der Waals surface area contributed by atoms with Crippen LogP contribution in [0.3, 0.4) is 0 Å². The molecule has 0 aliphatic heterocycles. The van der Waals surface area contributed by atoms with Gasteiger partial charge >= 0.3 is 0 Å². The third-order valence-corrected chi connectivity index (χ3v) is 4.40. The van der Waals surface area contributed by atoms with E-state index in [2.05, 4.69) is 34.2 Å². The summed E-state index contributed by atoms with van der Waals surface area (Å²) in [5.74, 6) is 1.60. The second-order valence-electron chi connectivity index (χ2n) is 4.87. The topological polar surface area (TPSA) is 50.8 Å². The van der Waals surface area contributed by atoms with E-state index in [9.17, 15) is 0 Å². The van der Waals surface area contributed by atoms with E-state index in [-0.39, 0.29) is 0 Å². The second kappa shape index (κ2) is 6.66. The fourth-order valence-corrected chi connectivity index (χ4v) is 2.98. The van der Waals surface area contributed by atoms with E-state index in [4.69, 9.17) is 4.74 Å². The summed E-state index contributed by atoms with van der Waals surface area (Å²) in [7, 11) is 1.66. The van der Waals surface area contributed by atoms with Gasteiger partial charge in [-0.05, 0) is 36.8 Å². The van der Waals surface area contributed by atoms with Crippen LogP contribution < -0.4 is 4.74 Å². The number of aromatic nitrogens is 3. The number of hydrogen-bond donors (Lipinski definition) is 1. The molecule has 0 spiro atoms. The predicted octanol–water partition coefficient (Wildman–Crippen LogP) is 4.33. The first-order valence-electron chi connectivity index (χ1n) is 7.04. The largest absolute Gasteiger partial charge is 0.497 e. The number of thioether (sulfide) groups is 1. The summed E-state index contributed by atoms with van der Waals surface area (Å²) in [4.78, 5) is 4.56. The van der Waals surface area contributed by atoms with Crippen LogP contribution in [-0.2, 0) is 0 Å². The molecule has 1 heterocycles. The smallest absolute Gasteiger partial charge is 0.209 e. The zero-order valence-electron chi connectivity index (χ0n) is 12.5. The maximum absolute atomic E-state index is 5.16. The minimum atomic E-state index is 0.306. The molecule has 1 aromatic heterocycles. The third kappa shape index (κ3) is 3.31. The first-order valence-corrected chi connectivity index (χ1v) is 7.92. The number of hydrogen-bond acceptors (Lipinski definition) is 4. The molecule has 22 heavy (non-hydrogen) atoms. The molecule has 4 nitrogen and oxygen atoms in total. The highest BCUT2D eigenvalue weighted by molar-refractivity contribution is 7.99. The number of H-pyrrole nitrogens is 1. The SMILES string of the molecule is COc1ccc(-c2nc(S[C@H](C)c3ccccc3)n[nH]2)cc1. The van der Waals surface area contributed by atoms with Crippen molar-refractivity contribution in [3.8, 4) is 17.1 Å². The normalized spacial score (nSPS) is 12.1. The highest BCUT2D eigenvalue weighted by Crippen LogP contribution is 2.33. The Morgan fingerprint density at radius 2 is 1.77 bits per heavy atom. The number of methoxy groups -OCH3 is 1. The minimum Gasteiger partial charge on any atom is -0.497 e. The maximum atomic E-state index is 5.16. The van der Waals surface area contributed by atoms with Gasteiger partial charge in [0.15, 0.2) is 5.82 Å². The Morgan fingerprint density at radius 1 is 1.05 bits per heavy atom. The monoisotopic (exact) mass is 311 g/mol. The number of aromatic amines is 1. The Hall–Kier alpha value is -2.27. The molecule has 5 heteroatoms. The minimum absolute atomic E-state index is 0.306. The Kier molecular flexibility index (Phi) is 4.44. The van der Waals surface area contributed by atoms with Crippen LogP contribution in [0.1, 0.15) is 17.7 Å². The molecule has 0 aliphatic rings. The lowest BCUT2D eigenvalue weighted by atomic mass is 10.2. The third-order valence-electron chi connectivity index (χ3n) is 3.38. The predicted molar refractivity (Wildman–Crippen MR) is 89.1 cm³/mol. The molecule has 0 bridgehead atoms. The van der Waals surface area contributed by atoms with Crippen molar-refractivity contribution >= 4 is 11.8 Å². The molecule has 3 aromatic rings. The molecule has 0 unspecified atom stereocenters. The molecule has 1 N–H and O–H groups in total. The Balaban J connectivity index is 1.73. The van der Waals surface area contributed by atoms with Crippen LogP contribution in [0.2, 0.25) is 0 Å². The standard InChI is InChI=1S/C17H17N3OS/c1-12(13-6-4-3-5-7-13)22-17-18-16(19-20-17)14-8-10-15(21-2)11-9-14/h3-12H,1-2H3,(H,18,19,20)/t12-/m1/s1. The average Bonchev–Trinajstić information content (AvgIpc) is 3.04. The van der Waals surface area contributed by atoms with Gasteiger partial charge in [0.1, 0.15) is 5.75 Å². The molecule has 0 radical (unpaired) electrons. The van der Waals surface area contributed by atoms with Gasteiger partial charge in [-0.2, -0.15) is 0 Å². The number of benzene rings is 2. The van der Waals surface area contributed by atoms with E-state index in [1.54, 1.807) is 18.9 Å². The Bertz CT molecular complexity index is 725. The van der Waals surface area contributed by atoms with Crippen molar-refractivity contribution in [2.75, 3.05) is 7.11 Å². The van der Waals surface area contributed by atoms with Gasteiger partial charge in [-0.1, -0.05) is 42.1 Å². The molecule has 0 saturated heterocycles. The first-order chi connectivity index (χ1) is 10.8. The fraction of sp³-hybridized carbons (Fsp3) is 0.176. The molecule has 0 saturated carbocycles. The van der Waals surface area contributed by atoms with Crippen molar-refractivity contribution in [3.05, 3.63) is 60.2 Å². The number of nitrogens with zero attached hydrogens (tertiary/aromatic N) is 2. The summed E-state index contributed by atoms with van der Waals surface area (Å²) in [6, 6.07) is 18.1. The molecule has 0 aliphatic carbocycles. The lowest BCUT2D eigenvalue weighted by Gasteiger charge is -2.08. The van der Waals surface area contributed by atoms with Crippen LogP contribution in [0.15, 0.2) is 59.8 Å². The second-order valence-corrected chi connectivity index (χ2v) is 6.17. The summed E-state index contributed by atoms with van der Waals surface area (Å²) >= 11 is 1.64. The molecule has 0 amide bonds. The summed E-state index contributed by atoms with van der Waals surface area (Å²) < 4.78 is 5.16. The van der Waals surface area contributed by atoms with E-state index in [1.165, 1.54) is 5.56 Å². The molecule has 112 valence electrons. The Morgan fingerprint density at radius 3 is 2.45 bits per heavy atom. The van der Waals surface area contributed by atoms with Crippen molar-refractivity contribution in [3.63, 3.8) is 0 Å². The van der Waals surface area contributed by atoms with Gasteiger partial charge in [0.05, 0.1) is 7.11 Å². The van der Waals surface area contributed by atoms with Crippen molar-refractivity contribution in [2.24, 2.45) is 0 Å². The van der Waals surface area contributed by atoms with Gasteiger partial charge in [0.25, 0.3) is 0 Å². The molecular formula is C17H17N3OS. The number of rotatable bonds is 5. The van der Waals surface area contributed by atoms with Crippen molar-refractivity contribution in [1.29, 1.82) is 0 Å². The van der Waals surface area contributed by atoms with Gasteiger partial charge < -0.3 is 4.74 Å². The summed E-state index contributed by atoms with van der Waals surface area (Å²) in [5.41, 5.74) is 2.26. The van der Waals surface area contributed by atoms with Crippen LogP contribution in [-0.4, -0.2) is 22.3 Å². The van der Waals surface area contributed by atoms with Gasteiger partial charge in [-0.3, -0.25) is 5.10 Å². The zero-order valence-corrected chi connectivity index (χ0v) is 13.3. The van der Waals surface area contributed by atoms with Crippen LogP contribution in [0, 0.1) is 0 Å². The maximum Gasteiger partial charge on any atom is 0.209 e. The average molecular weight is 311 g/mol. The molecule has 2 aromatic carbocycles. The van der Waals surface area contributed by atoms with Crippen LogP contribution in [0.4, 0.5) is 0 Å². The van der Waals surface area contributed by atoms with E-state index in [0.29, 0.717) is 5.25 Å². The van der Waals surface area contributed by atoms with E-state index in [0.717, 1.165) is 22.3 Å². The van der Waals surface area contributed by atoms with Gasteiger partial charge in [-0.25, -0.2) is 4.98 Å². The number of nitrogens with one attached hydrogen (secondary N) is 1. The summed E-state index contributed by atoms with van der Waals surface area (Å²) in [6.07, 6.45) is 0. The molecule has 1 atom stereocenters. The zero-order chi connectivity index (χ0) is 15.4. The van der Waals surface area contributed by atoms with Crippen molar-refractivity contribution in [2.45, 2.75) is 17.3 Å². The Labute approximate surface area is 133 Å². The quantitative estimate of drug-likeness (QED) is 0.712. The van der Waals surface area contributed by atoms with Crippen molar-refractivity contribution in [1.82, 2.24) is 15.2 Å². The van der Waals surface area contributed by atoms with Gasteiger partial charge in [0.2, 0.25) is 5.16 Å². The molecule has 3 rings (SSSR count). The van der Waals surface area contributed by atoms with Crippen LogP contribution in [0.5, 0.6) is 5.75 Å². The fourth-order valence-electron chi connectivity index (χ4n) is 2.13. The van der Waals surface area contributed by atoms with Crippen LogP contribution >= 0.6 is 11.8 Å². The van der Waals surface area contributed by atoms with E-state index >= 15 is 0 Å². The molecule has 0 fully saturated rings. The van der Waals surface area contributed by atoms with Gasteiger partial charge in [0, 0.05) is 10.8 Å². The highest BCUT2D eigenvalue weighted by atomic mass is 32.2.